The van der Waals surface area contributed by atoms with Gasteiger partial charge < -0.3 is 14.4 Å². The van der Waals surface area contributed by atoms with E-state index in [2.05, 4.69) is 4.74 Å². The molecule has 4 bridgehead atoms. The molecule has 0 atom stereocenters. The molecule has 1 heterocycles. The number of ether oxygens (including phenoxy) is 2. The molecule has 2 aromatic rings. The van der Waals surface area contributed by atoms with Gasteiger partial charge in [0, 0.05) is 24.6 Å². The highest BCUT2D eigenvalue weighted by atomic mass is 19.1. The predicted octanol–water partition coefficient (Wildman–Crippen LogP) is 6.89. The molecule has 5 saturated carbocycles. The van der Waals surface area contributed by atoms with E-state index in [0.29, 0.717) is 30.2 Å². The van der Waals surface area contributed by atoms with Gasteiger partial charge in [-0.25, -0.2) is 4.39 Å². The number of nitrogens with zero attached hydrogens (tertiary/aromatic N) is 1. The van der Waals surface area contributed by atoms with Crippen LogP contribution < -0.4 is 4.74 Å². The van der Waals surface area contributed by atoms with Crippen molar-refractivity contribution >= 4 is 12.4 Å². The monoisotopic (exact) mass is 533 g/mol. The molecule has 6 aliphatic rings. The molecule has 0 aromatic heterocycles. The lowest BCUT2D eigenvalue weighted by Crippen LogP contribution is -2.48. The number of hydrogen-bond acceptors (Lipinski definition) is 4. The van der Waals surface area contributed by atoms with Crippen LogP contribution in [-0.2, 0) is 16.1 Å². The summed E-state index contributed by atoms with van der Waals surface area (Å²) >= 11 is 0. The van der Waals surface area contributed by atoms with Gasteiger partial charge in [-0.1, -0.05) is 30.3 Å². The van der Waals surface area contributed by atoms with Crippen LogP contribution >= 0.6 is 0 Å². The Balaban J connectivity index is 0.000000235. The molecule has 39 heavy (non-hydrogen) atoms. The van der Waals surface area contributed by atoms with Crippen molar-refractivity contribution in [3.8, 4) is 5.75 Å². The first-order chi connectivity index (χ1) is 19.0. The van der Waals surface area contributed by atoms with Crippen molar-refractivity contribution in [2.45, 2.75) is 76.7 Å². The fourth-order valence-electron chi connectivity index (χ4n) is 8.07. The number of benzene rings is 2. The molecule has 208 valence electrons. The molecule has 1 saturated heterocycles. The van der Waals surface area contributed by atoms with Crippen molar-refractivity contribution in [2.75, 3.05) is 19.7 Å². The molecule has 1 aliphatic heterocycles. The van der Waals surface area contributed by atoms with Crippen LogP contribution in [-0.4, -0.2) is 37.0 Å². The highest BCUT2D eigenvalue weighted by Gasteiger charge is 2.51. The predicted molar refractivity (Wildman–Crippen MR) is 147 cm³/mol. The number of hydrogen-bond donors (Lipinski definition) is 0. The molecule has 6 heteroatoms. The number of likely N-dealkylation sites (tertiary alicyclic amines) is 1. The van der Waals surface area contributed by atoms with Crippen LogP contribution in [0.3, 0.4) is 0 Å². The Hall–Kier alpha value is -2.89. The number of halogens is 1. The zero-order chi connectivity index (χ0) is 26.8. The molecule has 5 aliphatic carbocycles. The Morgan fingerprint density at radius 2 is 1.62 bits per heavy atom. The van der Waals surface area contributed by atoms with Gasteiger partial charge >= 0.3 is 0 Å². The lowest BCUT2D eigenvalue weighted by Gasteiger charge is -2.56. The van der Waals surface area contributed by atoms with Crippen LogP contribution in [0.25, 0.3) is 0 Å². The van der Waals surface area contributed by atoms with Gasteiger partial charge in [0.1, 0.15) is 18.2 Å². The van der Waals surface area contributed by atoms with Gasteiger partial charge in [-0.05, 0) is 105 Å². The summed E-state index contributed by atoms with van der Waals surface area (Å²) in [6, 6.07) is 12.9. The van der Waals surface area contributed by atoms with Gasteiger partial charge in [0.15, 0.2) is 0 Å². The summed E-state index contributed by atoms with van der Waals surface area (Å²) in [6.45, 7) is 3.05. The van der Waals surface area contributed by atoms with E-state index in [4.69, 9.17) is 4.74 Å². The summed E-state index contributed by atoms with van der Waals surface area (Å²) in [6.07, 6.45) is 12.5. The van der Waals surface area contributed by atoms with E-state index in [0.717, 1.165) is 74.3 Å². The molecular formula is C33H40FNO4. The Morgan fingerprint density at radius 1 is 0.974 bits per heavy atom. The highest BCUT2D eigenvalue weighted by Crippen LogP contribution is 2.60. The molecular weight excluding hydrogens is 493 g/mol. The Labute approximate surface area is 231 Å². The van der Waals surface area contributed by atoms with Crippen LogP contribution in [0, 0.1) is 29.0 Å². The van der Waals surface area contributed by atoms with Crippen molar-refractivity contribution < 1.29 is 23.5 Å². The first-order valence-electron chi connectivity index (χ1n) is 14.9. The molecule has 0 radical (unpaired) electrons. The molecule has 0 unspecified atom stereocenters. The summed E-state index contributed by atoms with van der Waals surface area (Å²) in [5.74, 6) is 3.27. The molecule has 2 aromatic carbocycles. The maximum atomic E-state index is 15.0. The summed E-state index contributed by atoms with van der Waals surface area (Å²) in [5.41, 5.74) is 2.64. The van der Waals surface area contributed by atoms with Crippen LogP contribution in [0.5, 0.6) is 5.75 Å². The van der Waals surface area contributed by atoms with E-state index < -0.39 is 5.82 Å². The van der Waals surface area contributed by atoms with Gasteiger partial charge in [-0.2, -0.15) is 0 Å². The van der Waals surface area contributed by atoms with E-state index in [1.54, 1.807) is 4.90 Å². The summed E-state index contributed by atoms with van der Waals surface area (Å²) in [4.78, 5) is 24.4. The maximum Gasteiger partial charge on any atom is 0.293 e. The van der Waals surface area contributed by atoms with Gasteiger partial charge in [-0.3, -0.25) is 9.59 Å². The third-order valence-corrected chi connectivity index (χ3v) is 9.60. The third kappa shape index (κ3) is 6.00. The molecule has 6 fully saturated rings. The number of carbonyl (C=O) groups is 2. The molecule has 0 spiro atoms. The van der Waals surface area contributed by atoms with E-state index in [1.165, 1.54) is 44.6 Å². The quantitative estimate of drug-likeness (QED) is 0.347. The SMILES string of the molecule is O=C(c1cc(C2CC2)c(OCC23CC4CC(CC(C4)C2)C3)cc1F)N1CCCC1.O=COCc1ccccc1. The number of rotatable bonds is 8. The van der Waals surface area contributed by atoms with Gasteiger partial charge in [0.25, 0.3) is 12.4 Å². The Morgan fingerprint density at radius 3 is 2.21 bits per heavy atom. The lowest BCUT2D eigenvalue weighted by molar-refractivity contribution is -0.129. The van der Waals surface area contributed by atoms with Crippen molar-refractivity contribution in [3.05, 3.63) is 65.0 Å². The molecule has 5 nitrogen and oxygen atoms in total. The van der Waals surface area contributed by atoms with E-state index in [-0.39, 0.29) is 11.5 Å². The fraction of sp³-hybridized carbons (Fsp3) is 0.576. The van der Waals surface area contributed by atoms with Crippen LogP contribution in [0.2, 0.25) is 0 Å². The van der Waals surface area contributed by atoms with Crippen LogP contribution in [0.15, 0.2) is 42.5 Å². The Kier molecular flexibility index (Phi) is 7.64. The third-order valence-electron chi connectivity index (χ3n) is 9.60. The zero-order valence-electron chi connectivity index (χ0n) is 22.8. The fourth-order valence-corrected chi connectivity index (χ4v) is 8.07. The summed E-state index contributed by atoms with van der Waals surface area (Å²) < 4.78 is 25.9. The minimum absolute atomic E-state index is 0.144. The molecule has 0 N–H and O–H groups in total. The largest absolute Gasteiger partial charge is 0.493 e. The Bertz CT molecular complexity index is 1140. The van der Waals surface area contributed by atoms with Crippen molar-refractivity contribution in [3.63, 3.8) is 0 Å². The first kappa shape index (κ1) is 26.3. The second-order valence-corrected chi connectivity index (χ2v) is 12.7. The standard InChI is InChI=1S/C25H32FNO2.C8H8O2/c26-22-11-23(29-15-25-12-16-7-17(13-25)9-18(8-16)14-25)20(19-3-4-19)10-21(22)24(28)27-5-1-2-6-27;9-7-10-6-8-4-2-1-3-5-8/h10-11,16-19H,1-9,12-15H2;1-5,7H,6H2. The second kappa shape index (κ2) is 11.3. The highest BCUT2D eigenvalue weighted by molar-refractivity contribution is 5.95. The summed E-state index contributed by atoms with van der Waals surface area (Å²) in [7, 11) is 0. The maximum absolute atomic E-state index is 15.0. The topological polar surface area (TPSA) is 55.8 Å². The molecule has 1 amide bonds. The average molecular weight is 534 g/mol. The van der Waals surface area contributed by atoms with Crippen molar-refractivity contribution in [1.82, 2.24) is 4.90 Å². The number of amides is 1. The van der Waals surface area contributed by atoms with E-state index in [1.807, 2.05) is 36.4 Å². The van der Waals surface area contributed by atoms with Gasteiger partial charge in [0.2, 0.25) is 0 Å². The number of carbonyl (C=O) groups excluding carboxylic acids is 2. The van der Waals surface area contributed by atoms with Gasteiger partial charge in [-0.15, -0.1) is 0 Å². The normalized spacial score (nSPS) is 28.5. The van der Waals surface area contributed by atoms with Crippen molar-refractivity contribution in [1.29, 1.82) is 0 Å². The van der Waals surface area contributed by atoms with Crippen LogP contribution in [0.4, 0.5) is 4.39 Å². The van der Waals surface area contributed by atoms with E-state index >= 15 is 0 Å². The summed E-state index contributed by atoms with van der Waals surface area (Å²) in [5, 5.41) is 0. The zero-order valence-corrected chi connectivity index (χ0v) is 22.8. The first-order valence-corrected chi connectivity index (χ1v) is 14.9. The van der Waals surface area contributed by atoms with Crippen molar-refractivity contribution in [2.24, 2.45) is 23.2 Å². The average Bonchev–Trinajstić information content (AvgIpc) is 3.63. The van der Waals surface area contributed by atoms with E-state index in [9.17, 15) is 14.0 Å². The van der Waals surface area contributed by atoms with Crippen LogP contribution in [0.1, 0.15) is 91.6 Å². The minimum atomic E-state index is -0.410. The molecule has 8 rings (SSSR count). The second-order valence-electron chi connectivity index (χ2n) is 12.7. The smallest absolute Gasteiger partial charge is 0.293 e. The van der Waals surface area contributed by atoms with Gasteiger partial charge in [0.05, 0.1) is 12.2 Å². The minimum Gasteiger partial charge on any atom is -0.493 e. The lowest BCUT2D eigenvalue weighted by atomic mass is 9.50.